The molecular formula is C11H15NO2S. The van der Waals surface area contributed by atoms with E-state index in [1.165, 1.54) is 0 Å². The Morgan fingerprint density at radius 3 is 2.40 bits per heavy atom. The van der Waals surface area contributed by atoms with Gasteiger partial charge in [0.2, 0.25) is 0 Å². The molecule has 1 saturated heterocycles. The van der Waals surface area contributed by atoms with E-state index in [-0.39, 0.29) is 5.75 Å². The summed E-state index contributed by atoms with van der Waals surface area (Å²) in [6.07, 6.45) is 0. The van der Waals surface area contributed by atoms with Crippen LogP contribution in [0.2, 0.25) is 0 Å². The van der Waals surface area contributed by atoms with Gasteiger partial charge in [-0.25, -0.2) is 8.42 Å². The number of likely N-dealkylation sites (tertiary alicyclic amines) is 1. The number of sulfone groups is 1. The molecule has 2 rings (SSSR count). The Balaban J connectivity index is 2.08. The van der Waals surface area contributed by atoms with E-state index in [4.69, 9.17) is 0 Å². The Hall–Kier alpha value is -0.870. The molecule has 1 heterocycles. The smallest absolute Gasteiger partial charge is 0.178 e. The second-order valence-electron chi connectivity index (χ2n) is 4.18. The van der Waals surface area contributed by atoms with Crippen molar-refractivity contribution in [2.24, 2.45) is 5.92 Å². The van der Waals surface area contributed by atoms with Crippen LogP contribution in [0.5, 0.6) is 0 Å². The molecule has 3 nitrogen and oxygen atoms in total. The molecule has 0 N–H and O–H groups in total. The molecule has 1 aromatic rings. The highest BCUT2D eigenvalue weighted by molar-refractivity contribution is 7.91. The minimum atomic E-state index is -3.07. The summed E-state index contributed by atoms with van der Waals surface area (Å²) >= 11 is 0. The molecule has 0 atom stereocenters. The summed E-state index contributed by atoms with van der Waals surface area (Å²) in [4.78, 5) is 2.57. The first-order valence-electron chi connectivity index (χ1n) is 5.04. The van der Waals surface area contributed by atoms with Gasteiger partial charge in [-0.15, -0.1) is 0 Å². The highest BCUT2D eigenvalue weighted by atomic mass is 32.2. The first-order valence-corrected chi connectivity index (χ1v) is 6.69. The fourth-order valence-electron chi connectivity index (χ4n) is 1.97. The van der Waals surface area contributed by atoms with Gasteiger partial charge in [-0.3, -0.25) is 0 Å². The molecule has 0 aliphatic carbocycles. The van der Waals surface area contributed by atoms with E-state index in [0.29, 0.717) is 10.8 Å². The standard InChI is InChI=1S/C11H15NO2S/c1-12-7-10(8-12)9-15(13,14)11-5-3-2-4-6-11/h2-6,10H,7-9H2,1H3. The summed E-state index contributed by atoms with van der Waals surface area (Å²) in [5.74, 6) is 0.585. The van der Waals surface area contributed by atoms with Crippen molar-refractivity contribution in [2.45, 2.75) is 4.90 Å². The van der Waals surface area contributed by atoms with Crippen molar-refractivity contribution >= 4 is 9.84 Å². The molecule has 0 unspecified atom stereocenters. The Bertz CT molecular complexity index is 421. The molecule has 1 fully saturated rings. The lowest BCUT2D eigenvalue weighted by Gasteiger charge is -2.35. The van der Waals surface area contributed by atoms with E-state index >= 15 is 0 Å². The van der Waals surface area contributed by atoms with Gasteiger partial charge in [0, 0.05) is 13.1 Å². The van der Waals surface area contributed by atoms with E-state index in [0.717, 1.165) is 13.1 Å². The summed E-state index contributed by atoms with van der Waals surface area (Å²) < 4.78 is 23.8. The topological polar surface area (TPSA) is 37.4 Å². The fourth-order valence-corrected chi connectivity index (χ4v) is 3.56. The van der Waals surface area contributed by atoms with E-state index < -0.39 is 9.84 Å². The van der Waals surface area contributed by atoms with Crippen molar-refractivity contribution in [3.8, 4) is 0 Å². The largest absolute Gasteiger partial charge is 0.306 e. The molecule has 1 aromatic carbocycles. The van der Waals surface area contributed by atoms with Gasteiger partial charge in [-0.05, 0) is 25.1 Å². The Morgan fingerprint density at radius 1 is 1.27 bits per heavy atom. The molecule has 4 heteroatoms. The summed E-state index contributed by atoms with van der Waals surface area (Å²) in [5, 5.41) is 0. The van der Waals surface area contributed by atoms with Crippen LogP contribution in [-0.4, -0.2) is 39.2 Å². The minimum Gasteiger partial charge on any atom is -0.306 e. The molecule has 15 heavy (non-hydrogen) atoms. The summed E-state index contributed by atoms with van der Waals surface area (Å²) in [6.45, 7) is 1.79. The van der Waals surface area contributed by atoms with Crippen molar-refractivity contribution < 1.29 is 8.42 Å². The van der Waals surface area contributed by atoms with Crippen LogP contribution in [-0.2, 0) is 9.84 Å². The van der Waals surface area contributed by atoms with E-state index in [2.05, 4.69) is 4.90 Å². The van der Waals surface area contributed by atoms with E-state index in [9.17, 15) is 8.42 Å². The molecule has 1 aliphatic rings. The molecule has 1 aliphatic heterocycles. The van der Waals surface area contributed by atoms with Crippen LogP contribution in [0.3, 0.4) is 0 Å². The lowest BCUT2D eigenvalue weighted by atomic mass is 10.0. The first kappa shape index (κ1) is 10.6. The van der Waals surface area contributed by atoms with Crippen molar-refractivity contribution in [3.05, 3.63) is 30.3 Å². The summed E-state index contributed by atoms with van der Waals surface area (Å²) in [6, 6.07) is 8.69. The molecular weight excluding hydrogens is 210 g/mol. The van der Waals surface area contributed by atoms with Crippen molar-refractivity contribution in [3.63, 3.8) is 0 Å². The van der Waals surface area contributed by atoms with Crippen LogP contribution in [0.1, 0.15) is 0 Å². The number of nitrogens with zero attached hydrogens (tertiary/aromatic N) is 1. The number of rotatable bonds is 3. The van der Waals surface area contributed by atoms with Gasteiger partial charge >= 0.3 is 0 Å². The second kappa shape index (κ2) is 3.94. The lowest BCUT2D eigenvalue weighted by molar-refractivity contribution is 0.151. The molecule has 0 radical (unpaired) electrons. The van der Waals surface area contributed by atoms with Gasteiger partial charge in [-0.1, -0.05) is 18.2 Å². The monoisotopic (exact) mass is 225 g/mol. The predicted octanol–water partition coefficient (Wildman–Crippen LogP) is 1.02. The highest BCUT2D eigenvalue weighted by Crippen LogP contribution is 2.19. The van der Waals surface area contributed by atoms with Crippen LogP contribution in [0.15, 0.2) is 35.2 Å². The lowest BCUT2D eigenvalue weighted by Crippen LogP contribution is -2.46. The summed E-state index contributed by atoms with van der Waals surface area (Å²) in [7, 11) is -1.06. The van der Waals surface area contributed by atoms with Gasteiger partial charge in [0.25, 0.3) is 0 Å². The normalized spacial score (nSPS) is 18.7. The van der Waals surface area contributed by atoms with Gasteiger partial charge in [0.15, 0.2) is 9.84 Å². The Labute approximate surface area is 90.6 Å². The fraction of sp³-hybridized carbons (Fsp3) is 0.455. The second-order valence-corrected chi connectivity index (χ2v) is 6.22. The van der Waals surface area contributed by atoms with Gasteiger partial charge < -0.3 is 4.90 Å². The zero-order valence-electron chi connectivity index (χ0n) is 8.76. The molecule has 0 amide bonds. The molecule has 0 saturated carbocycles. The van der Waals surface area contributed by atoms with Crippen LogP contribution >= 0.6 is 0 Å². The third-order valence-corrected chi connectivity index (χ3v) is 4.60. The van der Waals surface area contributed by atoms with E-state index in [1.807, 2.05) is 13.1 Å². The zero-order valence-corrected chi connectivity index (χ0v) is 9.57. The number of hydrogen-bond acceptors (Lipinski definition) is 3. The maximum absolute atomic E-state index is 11.9. The maximum Gasteiger partial charge on any atom is 0.178 e. The third-order valence-electron chi connectivity index (χ3n) is 2.70. The van der Waals surface area contributed by atoms with Crippen molar-refractivity contribution in [1.82, 2.24) is 4.90 Å². The number of benzene rings is 1. The van der Waals surface area contributed by atoms with Crippen LogP contribution < -0.4 is 0 Å². The summed E-state index contributed by atoms with van der Waals surface area (Å²) in [5.41, 5.74) is 0. The SMILES string of the molecule is CN1CC(CS(=O)(=O)c2ccccc2)C1. The third kappa shape index (κ3) is 2.38. The van der Waals surface area contributed by atoms with Gasteiger partial charge in [-0.2, -0.15) is 0 Å². The Kier molecular flexibility index (Phi) is 2.80. The molecule has 0 bridgehead atoms. The first-order chi connectivity index (χ1) is 7.08. The average molecular weight is 225 g/mol. The minimum absolute atomic E-state index is 0.279. The predicted molar refractivity (Wildman–Crippen MR) is 59.5 cm³/mol. The van der Waals surface area contributed by atoms with Crippen LogP contribution in [0.25, 0.3) is 0 Å². The Morgan fingerprint density at radius 2 is 1.87 bits per heavy atom. The van der Waals surface area contributed by atoms with Gasteiger partial charge in [0.1, 0.15) is 0 Å². The van der Waals surface area contributed by atoms with Crippen LogP contribution in [0.4, 0.5) is 0 Å². The van der Waals surface area contributed by atoms with E-state index in [1.54, 1.807) is 24.3 Å². The molecule has 0 spiro atoms. The van der Waals surface area contributed by atoms with Crippen molar-refractivity contribution in [2.75, 3.05) is 25.9 Å². The van der Waals surface area contributed by atoms with Gasteiger partial charge in [0.05, 0.1) is 10.6 Å². The van der Waals surface area contributed by atoms with Crippen molar-refractivity contribution in [1.29, 1.82) is 0 Å². The highest BCUT2D eigenvalue weighted by Gasteiger charge is 2.29. The average Bonchev–Trinajstić information content (AvgIpc) is 2.17. The maximum atomic E-state index is 11.9. The number of hydrogen-bond donors (Lipinski definition) is 0. The zero-order chi connectivity index (χ0) is 10.9. The quantitative estimate of drug-likeness (QED) is 0.771. The molecule has 82 valence electrons. The van der Waals surface area contributed by atoms with Crippen LogP contribution in [0, 0.1) is 5.92 Å². The molecule has 0 aromatic heterocycles.